The standard InChI is InChI=1S/C11H14ClNO4S2/c1-9(2)6-7-13-19(16,17)11-5-3-4-10(8-11)18(12,14)15/h3-6,8,13H,7H2,1-2H3. The van der Waals surface area contributed by atoms with E-state index in [4.69, 9.17) is 10.7 Å². The van der Waals surface area contributed by atoms with E-state index < -0.39 is 19.1 Å². The second-order valence-corrected chi connectivity index (χ2v) is 8.38. The highest BCUT2D eigenvalue weighted by Gasteiger charge is 2.17. The van der Waals surface area contributed by atoms with Crippen molar-refractivity contribution >= 4 is 29.8 Å². The van der Waals surface area contributed by atoms with Crippen LogP contribution in [0, 0.1) is 0 Å². The van der Waals surface area contributed by atoms with Crippen molar-refractivity contribution in [2.24, 2.45) is 0 Å². The first-order chi connectivity index (χ1) is 8.63. The average molecular weight is 324 g/mol. The molecule has 0 fully saturated rings. The van der Waals surface area contributed by atoms with Crippen LogP contribution in [0.15, 0.2) is 45.7 Å². The van der Waals surface area contributed by atoms with Crippen LogP contribution in [-0.4, -0.2) is 23.4 Å². The van der Waals surface area contributed by atoms with E-state index >= 15 is 0 Å². The Kier molecular flexibility index (Phi) is 5.14. The summed E-state index contributed by atoms with van der Waals surface area (Å²) in [6.07, 6.45) is 1.71. The van der Waals surface area contributed by atoms with Crippen LogP contribution >= 0.6 is 10.7 Å². The Bertz CT molecular complexity index is 689. The van der Waals surface area contributed by atoms with Gasteiger partial charge in [0.05, 0.1) is 9.79 Å². The summed E-state index contributed by atoms with van der Waals surface area (Å²) in [6, 6.07) is 4.88. The van der Waals surface area contributed by atoms with Gasteiger partial charge < -0.3 is 0 Å². The lowest BCUT2D eigenvalue weighted by molar-refractivity contribution is 0.585. The quantitative estimate of drug-likeness (QED) is 0.662. The highest BCUT2D eigenvalue weighted by atomic mass is 35.7. The molecule has 0 saturated carbocycles. The van der Waals surface area contributed by atoms with Crippen molar-refractivity contribution in [3.8, 4) is 0 Å². The third-order valence-corrected chi connectivity index (χ3v) is 4.95. The molecule has 0 heterocycles. The van der Waals surface area contributed by atoms with E-state index in [1.165, 1.54) is 18.2 Å². The Morgan fingerprint density at radius 1 is 1.21 bits per heavy atom. The Hall–Kier alpha value is -0.890. The monoisotopic (exact) mass is 323 g/mol. The van der Waals surface area contributed by atoms with E-state index in [9.17, 15) is 16.8 Å². The Morgan fingerprint density at radius 2 is 1.79 bits per heavy atom. The smallest absolute Gasteiger partial charge is 0.207 e. The van der Waals surface area contributed by atoms with Gasteiger partial charge in [-0.15, -0.1) is 0 Å². The predicted molar refractivity (Wildman–Crippen MR) is 74.1 cm³/mol. The zero-order valence-corrected chi connectivity index (χ0v) is 12.8. The molecule has 5 nitrogen and oxygen atoms in total. The van der Waals surface area contributed by atoms with Gasteiger partial charge in [0, 0.05) is 17.2 Å². The normalized spacial score (nSPS) is 12.2. The molecule has 0 amide bonds. The summed E-state index contributed by atoms with van der Waals surface area (Å²) in [4.78, 5) is -0.393. The zero-order valence-electron chi connectivity index (χ0n) is 10.4. The summed E-state index contributed by atoms with van der Waals surface area (Å²) in [5.41, 5.74) is 0.972. The van der Waals surface area contributed by atoms with Gasteiger partial charge in [0.25, 0.3) is 9.05 Å². The van der Waals surface area contributed by atoms with Crippen molar-refractivity contribution in [1.82, 2.24) is 4.72 Å². The lowest BCUT2D eigenvalue weighted by Gasteiger charge is -2.06. The molecule has 1 aromatic rings. The molecule has 0 aliphatic rings. The first kappa shape index (κ1) is 16.2. The second-order valence-electron chi connectivity index (χ2n) is 4.05. The van der Waals surface area contributed by atoms with Crippen LogP contribution < -0.4 is 4.72 Å². The van der Waals surface area contributed by atoms with Gasteiger partial charge in [-0.2, -0.15) is 0 Å². The molecule has 19 heavy (non-hydrogen) atoms. The first-order valence-corrected chi connectivity index (χ1v) is 9.10. The SMILES string of the molecule is CC(C)=CCNS(=O)(=O)c1cccc(S(=O)(=O)Cl)c1. The van der Waals surface area contributed by atoms with Crippen molar-refractivity contribution in [2.75, 3.05) is 6.54 Å². The molecule has 0 aliphatic carbocycles. The van der Waals surface area contributed by atoms with Gasteiger partial charge in [-0.25, -0.2) is 21.6 Å². The summed E-state index contributed by atoms with van der Waals surface area (Å²) in [5, 5.41) is 0. The molecule has 106 valence electrons. The molecule has 0 aromatic heterocycles. The van der Waals surface area contributed by atoms with E-state index in [1.807, 2.05) is 13.8 Å². The largest absolute Gasteiger partial charge is 0.261 e. The summed E-state index contributed by atoms with van der Waals surface area (Å²) in [6.45, 7) is 3.83. The van der Waals surface area contributed by atoms with Gasteiger partial charge in [0.2, 0.25) is 10.0 Å². The van der Waals surface area contributed by atoms with Crippen LogP contribution in [0.25, 0.3) is 0 Å². The van der Waals surface area contributed by atoms with Gasteiger partial charge in [0.15, 0.2) is 0 Å². The highest BCUT2D eigenvalue weighted by Crippen LogP contribution is 2.18. The third-order valence-electron chi connectivity index (χ3n) is 2.18. The van der Waals surface area contributed by atoms with Gasteiger partial charge in [0.1, 0.15) is 0 Å². The molecular weight excluding hydrogens is 310 g/mol. The molecular formula is C11H14ClNO4S2. The molecule has 0 bridgehead atoms. The van der Waals surface area contributed by atoms with Crippen molar-refractivity contribution in [2.45, 2.75) is 23.6 Å². The molecule has 1 aromatic carbocycles. The summed E-state index contributed by atoms with van der Waals surface area (Å²) < 4.78 is 48.5. The maximum absolute atomic E-state index is 11.9. The molecule has 0 saturated heterocycles. The van der Waals surface area contributed by atoms with Crippen molar-refractivity contribution in [3.63, 3.8) is 0 Å². The van der Waals surface area contributed by atoms with E-state index in [0.717, 1.165) is 11.6 Å². The van der Waals surface area contributed by atoms with Crippen LogP contribution in [0.3, 0.4) is 0 Å². The summed E-state index contributed by atoms with van der Waals surface area (Å²) in [7, 11) is -2.53. The lowest BCUT2D eigenvalue weighted by Crippen LogP contribution is -2.24. The maximum Gasteiger partial charge on any atom is 0.261 e. The number of hydrogen-bond donors (Lipinski definition) is 1. The number of sulfonamides is 1. The first-order valence-electron chi connectivity index (χ1n) is 5.31. The fourth-order valence-corrected chi connectivity index (χ4v) is 3.11. The fourth-order valence-electron chi connectivity index (χ4n) is 1.23. The number of benzene rings is 1. The van der Waals surface area contributed by atoms with Crippen LogP contribution in [0.4, 0.5) is 0 Å². The minimum absolute atomic E-state index is 0.141. The van der Waals surface area contributed by atoms with Crippen LogP contribution in [-0.2, 0) is 19.1 Å². The molecule has 1 N–H and O–H groups in total. The number of halogens is 1. The average Bonchev–Trinajstić information content (AvgIpc) is 2.27. The number of hydrogen-bond acceptors (Lipinski definition) is 4. The fraction of sp³-hybridized carbons (Fsp3) is 0.273. The van der Waals surface area contributed by atoms with Gasteiger partial charge in [-0.05, 0) is 32.0 Å². The minimum Gasteiger partial charge on any atom is -0.207 e. The van der Waals surface area contributed by atoms with Crippen molar-refractivity contribution in [3.05, 3.63) is 35.9 Å². The van der Waals surface area contributed by atoms with E-state index in [2.05, 4.69) is 4.72 Å². The van der Waals surface area contributed by atoms with Gasteiger partial charge in [-0.1, -0.05) is 17.7 Å². The van der Waals surface area contributed by atoms with Crippen LogP contribution in [0.2, 0.25) is 0 Å². The number of allylic oxidation sites excluding steroid dienone is 1. The molecule has 0 unspecified atom stereocenters. The number of rotatable bonds is 5. The molecule has 8 heteroatoms. The molecule has 0 radical (unpaired) electrons. The Morgan fingerprint density at radius 3 is 2.32 bits per heavy atom. The summed E-state index contributed by atoms with van der Waals surface area (Å²) >= 11 is 0. The third kappa shape index (κ3) is 4.94. The van der Waals surface area contributed by atoms with Gasteiger partial charge >= 0.3 is 0 Å². The Labute approximate surface area is 117 Å². The highest BCUT2D eigenvalue weighted by molar-refractivity contribution is 8.13. The van der Waals surface area contributed by atoms with Crippen molar-refractivity contribution < 1.29 is 16.8 Å². The van der Waals surface area contributed by atoms with E-state index in [-0.39, 0.29) is 16.3 Å². The maximum atomic E-state index is 11.9. The van der Waals surface area contributed by atoms with Crippen molar-refractivity contribution in [1.29, 1.82) is 0 Å². The number of nitrogens with one attached hydrogen (secondary N) is 1. The topological polar surface area (TPSA) is 80.3 Å². The second kappa shape index (κ2) is 6.04. The molecule has 0 spiro atoms. The molecule has 1 rings (SSSR count). The van der Waals surface area contributed by atoms with Crippen LogP contribution in [0.1, 0.15) is 13.8 Å². The molecule has 0 aliphatic heterocycles. The zero-order chi connectivity index (χ0) is 14.7. The Balaban J connectivity index is 3.06. The van der Waals surface area contributed by atoms with Gasteiger partial charge in [-0.3, -0.25) is 0 Å². The summed E-state index contributed by atoms with van der Waals surface area (Å²) in [5.74, 6) is 0. The minimum atomic E-state index is -3.95. The molecule has 0 atom stereocenters. The van der Waals surface area contributed by atoms with Crippen LogP contribution in [0.5, 0.6) is 0 Å². The predicted octanol–water partition coefficient (Wildman–Crippen LogP) is 1.86. The van der Waals surface area contributed by atoms with E-state index in [0.29, 0.717) is 0 Å². The van der Waals surface area contributed by atoms with E-state index in [1.54, 1.807) is 6.08 Å². The lowest BCUT2D eigenvalue weighted by atomic mass is 10.3.